The van der Waals surface area contributed by atoms with E-state index < -0.39 is 0 Å². The summed E-state index contributed by atoms with van der Waals surface area (Å²) in [5.74, 6) is 0.00268. The lowest BCUT2D eigenvalue weighted by Crippen LogP contribution is -2.24. The second kappa shape index (κ2) is 9.37. The number of anilines is 1. The van der Waals surface area contributed by atoms with E-state index in [1.807, 2.05) is 25.1 Å². The van der Waals surface area contributed by atoms with Gasteiger partial charge in [0, 0.05) is 38.1 Å². The molecule has 0 aromatic heterocycles. The van der Waals surface area contributed by atoms with E-state index in [1.165, 1.54) is 0 Å². The maximum Gasteiger partial charge on any atom is 0.251 e. The molecule has 0 fully saturated rings. The lowest BCUT2D eigenvalue weighted by atomic mass is 10.1. The molecule has 0 atom stereocenters. The van der Waals surface area contributed by atoms with E-state index in [1.54, 1.807) is 7.11 Å². The molecule has 0 spiro atoms. The van der Waals surface area contributed by atoms with E-state index in [2.05, 4.69) is 17.6 Å². The fourth-order valence-electron chi connectivity index (χ4n) is 2.05. The standard InChI is InChI=1S/C16H26N2O2/c1-4-17-15-9-8-14(12-13(15)2)16(19)18-10-6-5-7-11-20-3/h8-9,12,17H,4-7,10-11H2,1-3H3,(H,18,19). The molecule has 1 aromatic rings. The zero-order valence-electron chi connectivity index (χ0n) is 12.8. The summed E-state index contributed by atoms with van der Waals surface area (Å²) in [5.41, 5.74) is 2.91. The van der Waals surface area contributed by atoms with Gasteiger partial charge >= 0.3 is 0 Å². The van der Waals surface area contributed by atoms with E-state index >= 15 is 0 Å². The first kappa shape index (κ1) is 16.5. The Kier molecular flexibility index (Phi) is 7.73. The summed E-state index contributed by atoms with van der Waals surface area (Å²) >= 11 is 0. The topological polar surface area (TPSA) is 50.4 Å². The highest BCUT2D eigenvalue weighted by Gasteiger charge is 2.06. The van der Waals surface area contributed by atoms with E-state index in [4.69, 9.17) is 4.74 Å². The van der Waals surface area contributed by atoms with E-state index in [-0.39, 0.29) is 5.91 Å². The van der Waals surface area contributed by atoms with Crippen LogP contribution in [0.15, 0.2) is 18.2 Å². The highest BCUT2D eigenvalue weighted by molar-refractivity contribution is 5.94. The predicted octanol–water partition coefficient (Wildman–Crippen LogP) is 2.97. The largest absolute Gasteiger partial charge is 0.385 e. The summed E-state index contributed by atoms with van der Waals surface area (Å²) in [5, 5.41) is 6.22. The molecular formula is C16H26N2O2. The van der Waals surface area contributed by atoms with Crippen molar-refractivity contribution in [2.45, 2.75) is 33.1 Å². The third-order valence-corrected chi connectivity index (χ3v) is 3.17. The van der Waals surface area contributed by atoms with Crippen LogP contribution in [0.3, 0.4) is 0 Å². The Labute approximate surface area is 121 Å². The average molecular weight is 278 g/mol. The molecule has 20 heavy (non-hydrogen) atoms. The first-order valence-electron chi connectivity index (χ1n) is 7.30. The Bertz CT molecular complexity index is 419. The van der Waals surface area contributed by atoms with Crippen LogP contribution in [0.25, 0.3) is 0 Å². The maximum absolute atomic E-state index is 12.0. The third-order valence-electron chi connectivity index (χ3n) is 3.17. The van der Waals surface area contributed by atoms with Crippen molar-refractivity contribution in [3.05, 3.63) is 29.3 Å². The number of carbonyl (C=O) groups is 1. The Morgan fingerprint density at radius 3 is 2.70 bits per heavy atom. The fourth-order valence-corrected chi connectivity index (χ4v) is 2.05. The lowest BCUT2D eigenvalue weighted by molar-refractivity contribution is 0.0952. The van der Waals surface area contributed by atoms with Gasteiger partial charge in [-0.3, -0.25) is 4.79 Å². The molecule has 0 radical (unpaired) electrons. The van der Waals surface area contributed by atoms with Gasteiger partial charge in [-0.1, -0.05) is 0 Å². The van der Waals surface area contributed by atoms with Gasteiger partial charge < -0.3 is 15.4 Å². The molecular weight excluding hydrogens is 252 g/mol. The van der Waals surface area contributed by atoms with Crippen molar-refractivity contribution in [2.75, 3.05) is 32.1 Å². The van der Waals surface area contributed by atoms with Crippen molar-refractivity contribution in [3.63, 3.8) is 0 Å². The van der Waals surface area contributed by atoms with Crippen LogP contribution in [0.4, 0.5) is 5.69 Å². The summed E-state index contributed by atoms with van der Waals surface area (Å²) in [7, 11) is 1.71. The summed E-state index contributed by atoms with van der Waals surface area (Å²) in [6.45, 7) is 6.46. The molecule has 4 heteroatoms. The number of carbonyl (C=O) groups excluding carboxylic acids is 1. The third kappa shape index (κ3) is 5.61. The van der Waals surface area contributed by atoms with Gasteiger partial charge in [-0.05, 0) is 56.9 Å². The number of unbranched alkanes of at least 4 members (excludes halogenated alkanes) is 2. The molecule has 0 saturated heterocycles. The molecule has 1 rings (SSSR count). The molecule has 1 amide bonds. The highest BCUT2D eigenvalue weighted by Crippen LogP contribution is 2.16. The second-order valence-electron chi connectivity index (χ2n) is 4.87. The van der Waals surface area contributed by atoms with E-state index in [9.17, 15) is 4.79 Å². The molecule has 0 aliphatic rings. The molecule has 0 aliphatic carbocycles. The fraction of sp³-hybridized carbons (Fsp3) is 0.562. The van der Waals surface area contributed by atoms with Gasteiger partial charge in [-0.15, -0.1) is 0 Å². The molecule has 112 valence electrons. The van der Waals surface area contributed by atoms with Gasteiger partial charge in [0.15, 0.2) is 0 Å². The monoisotopic (exact) mass is 278 g/mol. The average Bonchev–Trinajstić information content (AvgIpc) is 2.45. The minimum atomic E-state index is 0.00268. The molecule has 0 aliphatic heterocycles. The first-order valence-corrected chi connectivity index (χ1v) is 7.30. The van der Waals surface area contributed by atoms with Gasteiger partial charge in [0.25, 0.3) is 5.91 Å². The quantitative estimate of drug-likeness (QED) is 0.683. The zero-order chi connectivity index (χ0) is 14.8. The summed E-state index contributed by atoms with van der Waals surface area (Å²) in [6.07, 6.45) is 3.11. The summed E-state index contributed by atoms with van der Waals surface area (Å²) in [6, 6.07) is 5.76. The van der Waals surface area contributed by atoms with Crippen LogP contribution in [-0.4, -0.2) is 32.7 Å². The van der Waals surface area contributed by atoms with Crippen LogP contribution in [0.5, 0.6) is 0 Å². The molecule has 0 bridgehead atoms. The van der Waals surface area contributed by atoms with E-state index in [0.717, 1.165) is 55.8 Å². The number of hydrogen-bond acceptors (Lipinski definition) is 3. The van der Waals surface area contributed by atoms with Crippen molar-refractivity contribution in [1.29, 1.82) is 0 Å². The van der Waals surface area contributed by atoms with Gasteiger partial charge in [-0.25, -0.2) is 0 Å². The predicted molar refractivity (Wildman–Crippen MR) is 83.4 cm³/mol. The van der Waals surface area contributed by atoms with Gasteiger partial charge in [0.05, 0.1) is 0 Å². The van der Waals surface area contributed by atoms with Gasteiger partial charge in [-0.2, -0.15) is 0 Å². The molecule has 0 heterocycles. The zero-order valence-corrected chi connectivity index (χ0v) is 12.8. The summed E-state index contributed by atoms with van der Waals surface area (Å²) < 4.78 is 4.99. The van der Waals surface area contributed by atoms with Crippen LogP contribution >= 0.6 is 0 Å². The van der Waals surface area contributed by atoms with Crippen LogP contribution in [0.1, 0.15) is 42.1 Å². The SMILES string of the molecule is CCNc1ccc(C(=O)NCCCCCOC)cc1C. The number of amides is 1. The lowest BCUT2D eigenvalue weighted by Gasteiger charge is -2.10. The first-order chi connectivity index (χ1) is 9.69. The number of benzene rings is 1. The Morgan fingerprint density at radius 2 is 2.05 bits per heavy atom. The number of nitrogens with one attached hydrogen (secondary N) is 2. The second-order valence-corrected chi connectivity index (χ2v) is 4.87. The Hall–Kier alpha value is -1.55. The van der Waals surface area contributed by atoms with Crippen molar-refractivity contribution in [1.82, 2.24) is 5.32 Å². The van der Waals surface area contributed by atoms with Crippen LogP contribution in [0.2, 0.25) is 0 Å². The highest BCUT2D eigenvalue weighted by atomic mass is 16.5. The Morgan fingerprint density at radius 1 is 1.25 bits per heavy atom. The van der Waals surface area contributed by atoms with Crippen molar-refractivity contribution in [3.8, 4) is 0 Å². The molecule has 0 unspecified atom stereocenters. The van der Waals surface area contributed by atoms with Crippen molar-refractivity contribution < 1.29 is 9.53 Å². The normalized spacial score (nSPS) is 10.3. The number of ether oxygens (including phenoxy) is 1. The Balaban J connectivity index is 2.38. The summed E-state index contributed by atoms with van der Waals surface area (Å²) in [4.78, 5) is 12.0. The maximum atomic E-state index is 12.0. The minimum absolute atomic E-state index is 0.00268. The van der Waals surface area contributed by atoms with Gasteiger partial charge in [0.2, 0.25) is 0 Å². The van der Waals surface area contributed by atoms with Gasteiger partial charge in [0.1, 0.15) is 0 Å². The van der Waals surface area contributed by atoms with Crippen LogP contribution < -0.4 is 10.6 Å². The molecule has 2 N–H and O–H groups in total. The number of methoxy groups -OCH3 is 1. The number of hydrogen-bond donors (Lipinski definition) is 2. The van der Waals surface area contributed by atoms with Crippen molar-refractivity contribution in [2.24, 2.45) is 0 Å². The molecule has 4 nitrogen and oxygen atoms in total. The molecule has 0 saturated carbocycles. The number of aryl methyl sites for hydroxylation is 1. The van der Waals surface area contributed by atoms with E-state index in [0.29, 0.717) is 0 Å². The van der Waals surface area contributed by atoms with Crippen LogP contribution in [0, 0.1) is 6.92 Å². The van der Waals surface area contributed by atoms with Crippen molar-refractivity contribution >= 4 is 11.6 Å². The molecule has 1 aromatic carbocycles. The minimum Gasteiger partial charge on any atom is -0.385 e. The number of rotatable bonds is 9. The van der Waals surface area contributed by atoms with Crippen LogP contribution in [-0.2, 0) is 4.74 Å². The smallest absolute Gasteiger partial charge is 0.251 e.